The second-order valence-corrected chi connectivity index (χ2v) is 10.7. The van der Waals surface area contributed by atoms with Crippen molar-refractivity contribution in [2.45, 2.75) is 83.2 Å². The quantitative estimate of drug-likeness (QED) is 0.253. The van der Waals surface area contributed by atoms with Crippen molar-refractivity contribution >= 4 is 28.4 Å². The zero-order chi connectivity index (χ0) is 19.1. The van der Waals surface area contributed by atoms with Gasteiger partial charge in [0.1, 0.15) is 5.60 Å². The van der Waals surface area contributed by atoms with E-state index in [1.807, 2.05) is 6.08 Å². The number of ketones is 1. The summed E-state index contributed by atoms with van der Waals surface area (Å²) in [7, 11) is 0. The van der Waals surface area contributed by atoms with Crippen molar-refractivity contribution in [1.29, 1.82) is 0 Å². The van der Waals surface area contributed by atoms with Gasteiger partial charge in [-0.2, -0.15) is 0 Å². The molecule has 6 atom stereocenters. The third kappa shape index (κ3) is 3.44. The molecular formula is C24H33IO2. The molecule has 0 saturated heterocycles. The van der Waals surface area contributed by atoms with Gasteiger partial charge in [0.2, 0.25) is 0 Å². The predicted octanol–water partition coefficient (Wildman–Crippen LogP) is 5.47. The van der Waals surface area contributed by atoms with Crippen molar-refractivity contribution in [1.82, 2.24) is 0 Å². The SMILES string of the molecule is C[C@]12CC[C@H]3[C@@H](CCC4=CC(=O)CC[C@@H]43)[C@@H]1CCC2(O)C#CCCCC[125I]. The molecule has 0 bridgehead atoms. The van der Waals surface area contributed by atoms with Crippen molar-refractivity contribution in [2.75, 3.05) is 4.43 Å². The molecule has 1 unspecified atom stereocenters. The van der Waals surface area contributed by atoms with E-state index in [1.54, 1.807) is 0 Å². The number of hydrogen-bond acceptors (Lipinski definition) is 2. The highest BCUT2D eigenvalue weighted by Crippen LogP contribution is 2.64. The van der Waals surface area contributed by atoms with Gasteiger partial charge in [-0.15, -0.1) is 5.92 Å². The minimum Gasteiger partial charge on any atom is -0.377 e. The average Bonchev–Trinajstić information content (AvgIpc) is 2.92. The first kappa shape index (κ1) is 20.0. The number of carbonyl (C=O) groups excluding carboxylic acids is 1. The first-order valence-corrected chi connectivity index (χ1v) is 12.5. The lowest BCUT2D eigenvalue weighted by Crippen LogP contribution is -2.52. The molecule has 0 aromatic carbocycles. The van der Waals surface area contributed by atoms with E-state index in [-0.39, 0.29) is 5.41 Å². The van der Waals surface area contributed by atoms with E-state index < -0.39 is 5.60 Å². The summed E-state index contributed by atoms with van der Waals surface area (Å²) < 4.78 is 1.19. The fraction of sp³-hybridized carbons (Fsp3) is 0.792. The van der Waals surface area contributed by atoms with Crippen LogP contribution in [0.15, 0.2) is 11.6 Å². The van der Waals surface area contributed by atoms with Gasteiger partial charge < -0.3 is 5.11 Å². The normalized spacial score (nSPS) is 43.1. The summed E-state index contributed by atoms with van der Waals surface area (Å²) in [5.74, 6) is 9.72. The molecule has 2 nitrogen and oxygen atoms in total. The molecule has 0 heterocycles. The van der Waals surface area contributed by atoms with Gasteiger partial charge in [-0.25, -0.2) is 0 Å². The van der Waals surface area contributed by atoms with Crippen LogP contribution in [-0.2, 0) is 4.79 Å². The Morgan fingerprint density at radius 3 is 2.81 bits per heavy atom. The minimum atomic E-state index is -0.786. The van der Waals surface area contributed by atoms with Crippen molar-refractivity contribution in [3.05, 3.63) is 11.6 Å². The zero-order valence-electron chi connectivity index (χ0n) is 16.6. The van der Waals surface area contributed by atoms with E-state index in [1.165, 1.54) is 29.3 Å². The van der Waals surface area contributed by atoms with Gasteiger partial charge in [0.25, 0.3) is 0 Å². The number of alkyl halides is 1. The second kappa shape index (κ2) is 7.82. The zero-order valence-corrected chi connectivity index (χ0v) is 18.8. The highest BCUT2D eigenvalue weighted by Gasteiger charge is 2.61. The molecule has 0 aromatic rings. The Kier molecular flexibility index (Phi) is 5.78. The standard InChI is InChI=1S/C24H33IO2/c1-23-13-10-20-19-9-7-18(26)16-17(19)6-8-21(20)22(23)11-14-24(23,27)12-4-2-3-5-15-25/h16,19-22,27H,2-3,5-11,13-15H2,1H3/t19-,20+,21+,22-,23-,24?/m0/s1/i25-2. The maximum atomic E-state index is 11.8. The van der Waals surface area contributed by atoms with E-state index in [9.17, 15) is 9.90 Å². The average molecular weight is 478 g/mol. The lowest BCUT2D eigenvalue weighted by molar-refractivity contribution is -0.116. The lowest BCUT2D eigenvalue weighted by atomic mass is 9.50. The Morgan fingerprint density at radius 2 is 2.00 bits per heavy atom. The van der Waals surface area contributed by atoms with Gasteiger partial charge in [-0.1, -0.05) is 41.0 Å². The molecule has 4 aliphatic carbocycles. The lowest BCUT2D eigenvalue weighted by Gasteiger charge is -2.54. The van der Waals surface area contributed by atoms with E-state index in [0.717, 1.165) is 57.3 Å². The molecule has 0 amide bonds. The summed E-state index contributed by atoms with van der Waals surface area (Å²) in [5.41, 5.74) is 0.612. The summed E-state index contributed by atoms with van der Waals surface area (Å²) in [5, 5.41) is 11.5. The van der Waals surface area contributed by atoms with E-state index >= 15 is 0 Å². The highest BCUT2D eigenvalue weighted by molar-refractivity contribution is 14.1. The molecule has 4 aliphatic rings. The molecule has 27 heavy (non-hydrogen) atoms. The smallest absolute Gasteiger partial charge is 0.155 e. The minimum absolute atomic E-state index is 0.0455. The van der Waals surface area contributed by atoms with Gasteiger partial charge >= 0.3 is 0 Å². The van der Waals surface area contributed by atoms with E-state index in [0.29, 0.717) is 23.5 Å². The molecule has 0 radical (unpaired) electrons. The number of aliphatic hydroxyl groups is 1. The number of rotatable bonds is 3. The number of hydrogen-bond donors (Lipinski definition) is 1. The summed E-state index contributed by atoms with van der Waals surface area (Å²) >= 11 is 2.42. The Labute approximate surface area is 178 Å². The van der Waals surface area contributed by atoms with Crippen LogP contribution in [0.25, 0.3) is 0 Å². The van der Waals surface area contributed by atoms with Gasteiger partial charge in [-0.3, -0.25) is 4.79 Å². The van der Waals surface area contributed by atoms with Crippen LogP contribution in [0, 0.1) is 40.9 Å². The molecule has 3 heteroatoms. The predicted molar refractivity (Wildman–Crippen MR) is 118 cm³/mol. The molecule has 148 valence electrons. The van der Waals surface area contributed by atoms with Crippen LogP contribution in [0.4, 0.5) is 0 Å². The third-order valence-electron chi connectivity index (χ3n) is 8.43. The van der Waals surface area contributed by atoms with Crippen LogP contribution in [0.2, 0.25) is 0 Å². The van der Waals surface area contributed by atoms with E-state index in [4.69, 9.17) is 0 Å². The second-order valence-electron chi connectivity index (χ2n) is 9.61. The molecule has 4 rings (SSSR count). The van der Waals surface area contributed by atoms with Crippen LogP contribution in [0.5, 0.6) is 0 Å². The Bertz CT molecular complexity index is 686. The van der Waals surface area contributed by atoms with Gasteiger partial charge in [0.05, 0.1) is 0 Å². The molecule has 3 saturated carbocycles. The van der Waals surface area contributed by atoms with Crippen molar-refractivity contribution in [3.8, 4) is 11.8 Å². The van der Waals surface area contributed by atoms with Crippen molar-refractivity contribution in [3.63, 3.8) is 0 Å². The van der Waals surface area contributed by atoms with Crippen molar-refractivity contribution < 1.29 is 9.90 Å². The van der Waals surface area contributed by atoms with Crippen LogP contribution < -0.4 is 0 Å². The summed E-state index contributed by atoms with van der Waals surface area (Å²) in [6.45, 7) is 2.33. The fourth-order valence-electron chi connectivity index (χ4n) is 6.92. The Balaban J connectivity index is 1.51. The van der Waals surface area contributed by atoms with Crippen LogP contribution in [0.1, 0.15) is 77.6 Å². The topological polar surface area (TPSA) is 37.3 Å². The molecule has 0 spiro atoms. The summed E-state index contributed by atoms with van der Waals surface area (Å²) in [6.07, 6.45) is 13.6. The third-order valence-corrected chi connectivity index (χ3v) is 9.20. The van der Waals surface area contributed by atoms with E-state index in [2.05, 4.69) is 41.4 Å². The maximum absolute atomic E-state index is 11.8. The van der Waals surface area contributed by atoms with Gasteiger partial charge in [-0.05, 0) is 92.0 Å². The van der Waals surface area contributed by atoms with Crippen LogP contribution >= 0.6 is 22.6 Å². The highest BCUT2D eigenvalue weighted by atomic mass is 125. The number of unbranched alkanes of at least 4 members (excludes halogenated alkanes) is 2. The largest absolute Gasteiger partial charge is 0.377 e. The maximum Gasteiger partial charge on any atom is 0.155 e. The van der Waals surface area contributed by atoms with Gasteiger partial charge in [0, 0.05) is 18.3 Å². The molecular weight excluding hydrogens is 445 g/mol. The number of fused-ring (bicyclic) bond motifs is 5. The molecule has 3 fully saturated rings. The first-order chi connectivity index (χ1) is 13.0. The number of carbonyl (C=O) groups is 1. The monoisotopic (exact) mass is 478 g/mol. The molecule has 0 aromatic heterocycles. The molecule has 1 N–H and O–H groups in total. The summed E-state index contributed by atoms with van der Waals surface area (Å²) in [4.78, 5) is 11.8. The Hall–Kier alpha value is -0.340. The number of allylic oxidation sites excluding steroid dienone is 1. The van der Waals surface area contributed by atoms with Crippen LogP contribution in [0.3, 0.4) is 0 Å². The Morgan fingerprint density at radius 1 is 1.15 bits per heavy atom. The van der Waals surface area contributed by atoms with Crippen molar-refractivity contribution in [2.24, 2.45) is 29.1 Å². The number of halogens is 1. The summed E-state index contributed by atoms with van der Waals surface area (Å²) in [6, 6.07) is 0. The first-order valence-electron chi connectivity index (χ1n) is 11.0. The van der Waals surface area contributed by atoms with Crippen LogP contribution in [-0.4, -0.2) is 20.9 Å². The van der Waals surface area contributed by atoms with Gasteiger partial charge in [0.15, 0.2) is 5.78 Å². The molecule has 0 aliphatic heterocycles. The fourth-order valence-corrected chi connectivity index (χ4v) is 7.46.